The van der Waals surface area contributed by atoms with Crippen LogP contribution in [0, 0.1) is 0 Å². The van der Waals surface area contributed by atoms with E-state index >= 15 is 0 Å². The first-order chi connectivity index (χ1) is 18.4. The second kappa shape index (κ2) is 11.0. The number of imidazole rings is 1. The highest BCUT2D eigenvalue weighted by Crippen LogP contribution is 2.26. The summed E-state index contributed by atoms with van der Waals surface area (Å²) in [4.78, 5) is 64.4. The van der Waals surface area contributed by atoms with E-state index in [0.29, 0.717) is 37.6 Å². The van der Waals surface area contributed by atoms with E-state index in [9.17, 15) is 19.2 Å². The average molecular weight is 537 g/mol. The van der Waals surface area contributed by atoms with Crippen molar-refractivity contribution in [3.8, 4) is 0 Å². The third kappa shape index (κ3) is 5.88. The van der Waals surface area contributed by atoms with Crippen molar-refractivity contribution >= 4 is 29.3 Å². The van der Waals surface area contributed by atoms with Crippen LogP contribution in [0.4, 0.5) is 5.95 Å². The summed E-state index contributed by atoms with van der Waals surface area (Å²) in [6.45, 7) is 12.5. The summed E-state index contributed by atoms with van der Waals surface area (Å²) in [5, 5.41) is 1.36. The van der Waals surface area contributed by atoms with Crippen LogP contribution in [0.1, 0.15) is 50.9 Å². The van der Waals surface area contributed by atoms with E-state index in [4.69, 9.17) is 9.82 Å². The van der Waals surface area contributed by atoms with E-state index < -0.39 is 16.9 Å². The highest BCUT2D eigenvalue weighted by molar-refractivity contribution is 5.95. The van der Waals surface area contributed by atoms with Crippen molar-refractivity contribution in [3.63, 3.8) is 0 Å². The number of nitrogens with zero attached hydrogens (tertiary/aromatic N) is 6. The zero-order valence-corrected chi connectivity index (χ0v) is 23.2. The van der Waals surface area contributed by atoms with Crippen molar-refractivity contribution in [2.24, 2.45) is 7.05 Å². The number of rotatable bonds is 9. The molecule has 1 amide bonds. The number of amides is 1. The van der Waals surface area contributed by atoms with Crippen LogP contribution in [-0.4, -0.2) is 60.7 Å². The van der Waals surface area contributed by atoms with Gasteiger partial charge in [-0.25, -0.2) is 9.86 Å². The summed E-state index contributed by atoms with van der Waals surface area (Å²) < 4.78 is 4.01. The number of Topliss-reactive ketones (excluding diaryl/α,β-unsaturated/α-hetero) is 1. The molecule has 4 rings (SSSR count). The Morgan fingerprint density at radius 3 is 2.49 bits per heavy atom. The summed E-state index contributed by atoms with van der Waals surface area (Å²) in [7, 11) is 1.54. The van der Waals surface area contributed by atoms with Gasteiger partial charge in [0.15, 0.2) is 16.9 Å². The Labute approximate surface area is 226 Å². The van der Waals surface area contributed by atoms with E-state index in [1.807, 2.05) is 32.6 Å². The van der Waals surface area contributed by atoms with Crippen molar-refractivity contribution in [1.82, 2.24) is 23.7 Å². The third-order valence-corrected chi connectivity index (χ3v) is 6.56. The highest BCUT2D eigenvalue weighted by Gasteiger charge is 2.32. The Morgan fingerprint density at radius 2 is 1.87 bits per heavy atom. The van der Waals surface area contributed by atoms with Gasteiger partial charge in [-0.1, -0.05) is 42.5 Å². The first-order valence-electron chi connectivity index (χ1n) is 13.0. The molecule has 208 valence electrons. The van der Waals surface area contributed by atoms with Crippen LogP contribution in [0.25, 0.3) is 11.2 Å². The van der Waals surface area contributed by atoms with Crippen molar-refractivity contribution in [2.45, 2.75) is 65.3 Å². The lowest BCUT2D eigenvalue weighted by atomic mass is 10.1. The zero-order valence-electron chi connectivity index (χ0n) is 23.2. The van der Waals surface area contributed by atoms with E-state index in [2.05, 4.69) is 6.58 Å². The molecule has 3 heterocycles. The van der Waals surface area contributed by atoms with Gasteiger partial charge in [0, 0.05) is 32.2 Å². The molecule has 39 heavy (non-hydrogen) atoms. The molecule has 1 unspecified atom stereocenters. The maximum atomic E-state index is 13.8. The molecule has 1 aliphatic heterocycles. The van der Waals surface area contributed by atoms with Gasteiger partial charge in [0.2, 0.25) is 12.4 Å². The van der Waals surface area contributed by atoms with Crippen molar-refractivity contribution in [1.29, 1.82) is 0 Å². The molecule has 11 heteroatoms. The number of hydrogen-bond acceptors (Lipinski definition) is 7. The summed E-state index contributed by atoms with van der Waals surface area (Å²) in [5.74, 6) is 0.158. The number of hydrogen-bond donors (Lipinski definition) is 0. The molecule has 0 aliphatic carbocycles. The number of benzene rings is 1. The molecule has 1 atom stereocenters. The monoisotopic (exact) mass is 536 g/mol. The normalized spacial score (nSPS) is 15.9. The van der Waals surface area contributed by atoms with Crippen LogP contribution in [-0.2, 0) is 29.8 Å². The molecule has 11 nitrogen and oxygen atoms in total. The Hall–Kier alpha value is -3.99. The number of piperidine rings is 1. The minimum absolute atomic E-state index is 0.219. The lowest BCUT2D eigenvalue weighted by molar-refractivity contribution is -0.232. The molecule has 1 aromatic carbocycles. The van der Waals surface area contributed by atoms with E-state index in [1.54, 1.807) is 41.9 Å². The number of aryl methyl sites for hydroxylation is 1. The number of fused-ring (bicyclic) bond motifs is 1. The Kier molecular flexibility index (Phi) is 7.91. The largest absolute Gasteiger partial charge is 0.340 e. The van der Waals surface area contributed by atoms with E-state index in [-0.39, 0.29) is 29.5 Å². The van der Waals surface area contributed by atoms with Gasteiger partial charge in [-0.3, -0.25) is 28.4 Å². The topological polar surface area (TPSA) is 112 Å². The number of allylic oxidation sites excluding steroid dienone is 1. The average Bonchev–Trinajstić information content (AvgIpc) is 3.27. The van der Waals surface area contributed by atoms with Crippen LogP contribution < -0.4 is 16.1 Å². The lowest BCUT2D eigenvalue weighted by Crippen LogP contribution is -2.50. The van der Waals surface area contributed by atoms with E-state index in [1.165, 1.54) is 9.63 Å². The number of carbonyl (C=O) groups is 2. The quantitative estimate of drug-likeness (QED) is 0.179. The molecule has 1 aliphatic rings. The minimum atomic E-state index is -0.620. The number of ketones is 1. The first kappa shape index (κ1) is 28.0. The van der Waals surface area contributed by atoms with Crippen LogP contribution >= 0.6 is 0 Å². The highest BCUT2D eigenvalue weighted by atomic mass is 16.7. The van der Waals surface area contributed by atoms with Crippen LogP contribution in [0.5, 0.6) is 0 Å². The predicted molar refractivity (Wildman–Crippen MR) is 149 cm³/mol. The molecule has 0 saturated carbocycles. The second-order valence-corrected chi connectivity index (χ2v) is 11.1. The summed E-state index contributed by atoms with van der Waals surface area (Å²) in [6.07, 6.45) is 2.22. The zero-order chi connectivity index (χ0) is 28.5. The fourth-order valence-corrected chi connectivity index (χ4v) is 4.86. The summed E-state index contributed by atoms with van der Waals surface area (Å²) in [6, 6.07) is 8.33. The van der Waals surface area contributed by atoms with Gasteiger partial charge in [0.25, 0.3) is 5.56 Å². The third-order valence-electron chi connectivity index (χ3n) is 6.56. The Morgan fingerprint density at radius 1 is 1.18 bits per heavy atom. The minimum Gasteiger partial charge on any atom is -0.340 e. The molecular formula is C28H36N6O5. The molecule has 0 spiro atoms. The fourth-order valence-electron chi connectivity index (χ4n) is 4.86. The van der Waals surface area contributed by atoms with Crippen LogP contribution in [0.15, 0.2) is 52.1 Å². The van der Waals surface area contributed by atoms with Crippen LogP contribution in [0.2, 0.25) is 0 Å². The van der Waals surface area contributed by atoms with Crippen molar-refractivity contribution in [2.75, 3.05) is 18.0 Å². The first-order valence-corrected chi connectivity index (χ1v) is 13.0. The van der Waals surface area contributed by atoms with Crippen LogP contribution in [0.3, 0.4) is 0 Å². The molecular weight excluding hydrogens is 500 g/mol. The molecule has 1 saturated heterocycles. The summed E-state index contributed by atoms with van der Waals surface area (Å²) in [5.41, 5.74) is -0.103. The molecule has 0 N–H and O–H groups in total. The van der Waals surface area contributed by atoms with Gasteiger partial charge in [0.05, 0.1) is 18.2 Å². The predicted octanol–water partition coefficient (Wildman–Crippen LogP) is 2.51. The molecule has 2 aromatic heterocycles. The number of aromatic nitrogens is 4. The maximum absolute atomic E-state index is 13.8. The molecule has 3 aromatic rings. The molecule has 1 fully saturated rings. The number of anilines is 1. The maximum Gasteiger partial charge on any atom is 0.332 e. The second-order valence-electron chi connectivity index (χ2n) is 11.1. The summed E-state index contributed by atoms with van der Waals surface area (Å²) >= 11 is 0. The van der Waals surface area contributed by atoms with Gasteiger partial charge in [-0.15, -0.1) is 0 Å². The smallest absolute Gasteiger partial charge is 0.332 e. The SMILES string of the molecule is C=C(C)Cn1c(N2CCCC(N(C=O)OC(C)(C)C)C2)nc2c1c(=O)n(CC(=O)c1ccccc1)c(=O)n2C. The fraction of sp³-hybridized carbons (Fsp3) is 0.464. The van der Waals surface area contributed by atoms with Gasteiger partial charge >= 0.3 is 5.69 Å². The van der Waals surface area contributed by atoms with Gasteiger partial charge in [0.1, 0.15) is 0 Å². The molecule has 0 radical (unpaired) electrons. The standard InChI is InChI=1S/C28H36N6O5/c1-19(2)15-32-23-24(29-26(32)31-14-10-13-21(16-31)34(18-35)39-28(3,4)5)30(6)27(38)33(25(23)37)17-22(36)20-11-8-7-9-12-20/h7-9,11-12,18,21H,1,10,13-17H2,2-6H3. The Bertz CT molecular complexity index is 1510. The van der Waals surface area contributed by atoms with Gasteiger partial charge in [-0.05, 0) is 40.5 Å². The van der Waals surface area contributed by atoms with E-state index in [0.717, 1.165) is 23.0 Å². The number of carbonyl (C=O) groups excluding carboxylic acids is 2. The van der Waals surface area contributed by atoms with Gasteiger partial charge in [-0.2, -0.15) is 4.98 Å². The van der Waals surface area contributed by atoms with Crippen molar-refractivity contribution < 1.29 is 14.4 Å². The lowest BCUT2D eigenvalue weighted by Gasteiger charge is -2.39. The number of hydroxylamine groups is 2. The molecule has 0 bridgehead atoms. The van der Waals surface area contributed by atoms with Crippen molar-refractivity contribution in [3.05, 3.63) is 68.9 Å². The Balaban J connectivity index is 1.80. The van der Waals surface area contributed by atoms with Gasteiger partial charge < -0.3 is 9.47 Å².